The van der Waals surface area contributed by atoms with Crippen molar-refractivity contribution in [1.29, 1.82) is 0 Å². The molecule has 0 spiro atoms. The van der Waals surface area contributed by atoms with Crippen molar-refractivity contribution in [2.45, 2.75) is 42.6 Å². The van der Waals surface area contributed by atoms with Gasteiger partial charge in [-0.15, -0.1) is 0 Å². The van der Waals surface area contributed by atoms with Gasteiger partial charge in [-0.2, -0.15) is 35.1 Å². The Morgan fingerprint density at radius 3 is 1.67 bits per heavy atom. The molecule has 0 saturated carbocycles. The summed E-state index contributed by atoms with van der Waals surface area (Å²) in [6.45, 7) is 0.701. The lowest BCUT2D eigenvalue weighted by Gasteiger charge is -2.38. The summed E-state index contributed by atoms with van der Waals surface area (Å²) in [6, 6.07) is 6.26. The molecule has 0 aromatic heterocycles. The van der Waals surface area contributed by atoms with Crippen LogP contribution in [-0.2, 0) is 5.60 Å². The second-order valence-corrected chi connectivity index (χ2v) is 6.07. The van der Waals surface area contributed by atoms with E-state index in [1.165, 1.54) is 18.2 Å². The van der Waals surface area contributed by atoms with Crippen LogP contribution >= 0.6 is 15.9 Å². The van der Waals surface area contributed by atoms with Gasteiger partial charge in [-0.25, -0.2) is 0 Å². The average Bonchev–Trinajstić information content (AvgIpc) is 2.46. The van der Waals surface area contributed by atoms with E-state index in [0.717, 1.165) is 12.1 Å². The van der Waals surface area contributed by atoms with Crippen LogP contribution in [-0.4, -0.2) is 34.1 Å². The Hall–Kier alpha value is -0.900. The van der Waals surface area contributed by atoms with Gasteiger partial charge in [0.05, 0.1) is 17.4 Å². The van der Waals surface area contributed by atoms with Gasteiger partial charge in [0.15, 0.2) is 0 Å². The minimum Gasteiger partial charge on any atom is -0.385 e. The molecule has 0 radical (unpaired) electrons. The zero-order valence-electron chi connectivity index (χ0n) is 12.1. The molecule has 1 rings (SSSR count). The molecule has 0 aliphatic rings. The fraction of sp³-hybridized carbons (Fsp3) is 0.571. The number of benzene rings is 1. The van der Waals surface area contributed by atoms with Gasteiger partial charge in [0.1, 0.15) is 0 Å². The predicted molar refractivity (Wildman–Crippen MR) is 74.2 cm³/mol. The number of alkyl halides is 9. The molecule has 0 heterocycles. The van der Waals surface area contributed by atoms with Crippen LogP contribution in [0.3, 0.4) is 0 Å². The standard InChI is InChI=1S/C14H13BrF8O/c1-10(24,9-5-3-2-4-6-9)7-11(16,17)13(20,21)14(22,23)12(18,19)8-15/h2-6,24H,7-8H2,1H3. The smallest absolute Gasteiger partial charge is 0.379 e. The first kappa shape index (κ1) is 21.1. The molecule has 0 amide bonds. The molecule has 0 saturated heterocycles. The highest BCUT2D eigenvalue weighted by atomic mass is 79.9. The Morgan fingerprint density at radius 2 is 1.25 bits per heavy atom. The summed E-state index contributed by atoms with van der Waals surface area (Å²) in [6.07, 6.45) is -2.18. The molecule has 1 nitrogen and oxygen atoms in total. The van der Waals surface area contributed by atoms with E-state index < -0.39 is 41.0 Å². The minimum absolute atomic E-state index is 0.254. The first-order chi connectivity index (χ1) is 10.6. The molecule has 1 aromatic rings. The monoisotopic (exact) mass is 428 g/mol. The normalized spacial score (nSPS) is 16.8. The molecule has 0 bridgehead atoms. The van der Waals surface area contributed by atoms with Gasteiger partial charge < -0.3 is 5.11 Å². The zero-order valence-corrected chi connectivity index (χ0v) is 13.7. The molecule has 24 heavy (non-hydrogen) atoms. The number of hydrogen-bond acceptors (Lipinski definition) is 1. The Kier molecular flexibility index (Phi) is 5.67. The summed E-state index contributed by atoms with van der Waals surface area (Å²) >= 11 is 1.91. The SMILES string of the molecule is CC(O)(CC(F)(F)C(F)(F)C(F)(F)C(F)(F)CBr)c1ccccc1. The largest absolute Gasteiger partial charge is 0.385 e. The van der Waals surface area contributed by atoms with Gasteiger partial charge in [0.25, 0.3) is 0 Å². The Labute approximate surface area is 140 Å². The quantitative estimate of drug-likeness (QED) is 0.466. The van der Waals surface area contributed by atoms with Crippen LogP contribution in [0.1, 0.15) is 18.9 Å². The summed E-state index contributed by atoms with van der Waals surface area (Å²) < 4.78 is 108. The Balaban J connectivity index is 3.23. The highest BCUT2D eigenvalue weighted by Gasteiger charge is 2.80. The minimum atomic E-state index is -6.39. The molecular weight excluding hydrogens is 416 g/mol. The van der Waals surface area contributed by atoms with E-state index >= 15 is 0 Å². The topological polar surface area (TPSA) is 20.2 Å². The molecule has 0 aliphatic carbocycles. The van der Waals surface area contributed by atoms with Crippen molar-refractivity contribution in [2.24, 2.45) is 0 Å². The molecule has 138 valence electrons. The predicted octanol–water partition coefficient (Wildman–Crippen LogP) is 5.22. The van der Waals surface area contributed by atoms with Crippen LogP contribution in [0.5, 0.6) is 0 Å². The van der Waals surface area contributed by atoms with Crippen molar-refractivity contribution in [2.75, 3.05) is 5.33 Å². The van der Waals surface area contributed by atoms with Crippen molar-refractivity contribution < 1.29 is 40.2 Å². The van der Waals surface area contributed by atoms with E-state index in [-0.39, 0.29) is 5.56 Å². The van der Waals surface area contributed by atoms with Crippen molar-refractivity contribution in [3.63, 3.8) is 0 Å². The van der Waals surface area contributed by atoms with Gasteiger partial charge in [0.2, 0.25) is 0 Å². The molecule has 1 aromatic carbocycles. The molecule has 1 atom stereocenters. The average molecular weight is 429 g/mol. The second kappa shape index (κ2) is 6.44. The van der Waals surface area contributed by atoms with Crippen LogP contribution in [0.2, 0.25) is 0 Å². The molecule has 0 fully saturated rings. The highest BCUT2D eigenvalue weighted by molar-refractivity contribution is 9.09. The summed E-state index contributed by atoms with van der Waals surface area (Å²) in [4.78, 5) is 0. The van der Waals surface area contributed by atoms with Gasteiger partial charge >= 0.3 is 23.7 Å². The van der Waals surface area contributed by atoms with Gasteiger partial charge in [0, 0.05) is 0 Å². The lowest BCUT2D eigenvalue weighted by Crippen LogP contribution is -2.63. The van der Waals surface area contributed by atoms with Gasteiger partial charge in [-0.05, 0) is 12.5 Å². The number of aliphatic hydroxyl groups is 1. The van der Waals surface area contributed by atoms with Crippen molar-refractivity contribution >= 4 is 15.9 Å². The van der Waals surface area contributed by atoms with Gasteiger partial charge in [-0.3, -0.25) is 0 Å². The fourth-order valence-corrected chi connectivity index (χ4v) is 2.34. The van der Waals surface area contributed by atoms with E-state index in [1.807, 2.05) is 15.9 Å². The Bertz CT molecular complexity index is 559. The van der Waals surface area contributed by atoms with Crippen LogP contribution < -0.4 is 0 Å². The van der Waals surface area contributed by atoms with Gasteiger partial charge in [-0.1, -0.05) is 46.3 Å². The van der Waals surface area contributed by atoms with E-state index in [1.54, 1.807) is 0 Å². The number of hydrogen-bond donors (Lipinski definition) is 1. The summed E-state index contributed by atoms with van der Waals surface area (Å²) in [5.74, 6) is -23.8. The van der Waals surface area contributed by atoms with E-state index in [0.29, 0.717) is 6.92 Å². The molecular formula is C14H13BrF8O. The summed E-state index contributed by atoms with van der Waals surface area (Å²) in [7, 11) is 0. The van der Waals surface area contributed by atoms with Crippen molar-refractivity contribution in [1.82, 2.24) is 0 Å². The highest BCUT2D eigenvalue weighted by Crippen LogP contribution is 2.55. The van der Waals surface area contributed by atoms with Crippen LogP contribution in [0.15, 0.2) is 30.3 Å². The van der Waals surface area contributed by atoms with E-state index in [4.69, 9.17) is 0 Å². The molecule has 1 unspecified atom stereocenters. The number of rotatable bonds is 7. The van der Waals surface area contributed by atoms with Crippen LogP contribution in [0.25, 0.3) is 0 Å². The van der Waals surface area contributed by atoms with Crippen molar-refractivity contribution in [3.8, 4) is 0 Å². The fourth-order valence-electron chi connectivity index (χ4n) is 1.99. The lowest BCUT2D eigenvalue weighted by molar-refractivity contribution is -0.366. The summed E-state index contributed by atoms with van der Waals surface area (Å²) in [5.41, 5.74) is -2.90. The van der Waals surface area contributed by atoms with Crippen molar-refractivity contribution in [3.05, 3.63) is 35.9 Å². The van der Waals surface area contributed by atoms with E-state index in [2.05, 4.69) is 0 Å². The molecule has 0 aliphatic heterocycles. The molecule has 10 heteroatoms. The number of halogens is 9. The second-order valence-electron chi connectivity index (χ2n) is 5.51. The van der Waals surface area contributed by atoms with Crippen LogP contribution in [0.4, 0.5) is 35.1 Å². The summed E-state index contributed by atoms with van der Waals surface area (Å²) in [5, 5.41) is 8.02. The van der Waals surface area contributed by atoms with Crippen LogP contribution in [0, 0.1) is 0 Å². The third-order valence-corrected chi connectivity index (χ3v) is 4.15. The molecule has 1 N–H and O–H groups in total. The maximum atomic E-state index is 13.8. The first-order valence-corrected chi connectivity index (χ1v) is 7.60. The van der Waals surface area contributed by atoms with E-state index in [9.17, 15) is 40.2 Å². The third kappa shape index (κ3) is 3.54. The maximum absolute atomic E-state index is 13.8. The Morgan fingerprint density at radius 1 is 0.833 bits per heavy atom. The first-order valence-electron chi connectivity index (χ1n) is 6.47. The maximum Gasteiger partial charge on any atom is 0.379 e. The lowest BCUT2D eigenvalue weighted by atomic mass is 9.85. The zero-order chi connectivity index (χ0) is 19.0. The third-order valence-electron chi connectivity index (χ3n) is 3.44.